The first-order valence-corrected chi connectivity index (χ1v) is 5.72. The van der Waals surface area contributed by atoms with Crippen molar-refractivity contribution >= 4 is 5.69 Å². The molecule has 0 radical (unpaired) electrons. The highest BCUT2D eigenvalue weighted by Crippen LogP contribution is 2.40. The SMILES string of the molecule is Cc1ccc2c(c1)-c1ccccc1C(C)N2. The van der Waals surface area contributed by atoms with Gasteiger partial charge in [0.05, 0.1) is 0 Å². The predicted octanol–water partition coefficient (Wildman–Crippen LogP) is 4.15. The second-order valence-corrected chi connectivity index (χ2v) is 4.50. The van der Waals surface area contributed by atoms with Gasteiger partial charge in [-0.3, -0.25) is 0 Å². The lowest BCUT2D eigenvalue weighted by Crippen LogP contribution is -2.13. The van der Waals surface area contributed by atoms with E-state index in [1.165, 1.54) is 27.9 Å². The van der Waals surface area contributed by atoms with Crippen LogP contribution in [0.1, 0.15) is 24.1 Å². The molecule has 1 unspecified atom stereocenters. The van der Waals surface area contributed by atoms with Crippen LogP contribution in [-0.2, 0) is 0 Å². The van der Waals surface area contributed by atoms with E-state index in [1.807, 2.05) is 0 Å². The van der Waals surface area contributed by atoms with Gasteiger partial charge in [0.2, 0.25) is 0 Å². The lowest BCUT2D eigenvalue weighted by molar-refractivity contribution is 0.876. The molecule has 0 aliphatic carbocycles. The van der Waals surface area contributed by atoms with Crippen molar-refractivity contribution in [2.45, 2.75) is 19.9 Å². The highest BCUT2D eigenvalue weighted by molar-refractivity contribution is 5.84. The van der Waals surface area contributed by atoms with Crippen molar-refractivity contribution in [3.63, 3.8) is 0 Å². The van der Waals surface area contributed by atoms with Crippen molar-refractivity contribution < 1.29 is 0 Å². The molecule has 1 aliphatic heterocycles. The summed E-state index contributed by atoms with van der Waals surface area (Å²) in [7, 11) is 0. The third-order valence-corrected chi connectivity index (χ3v) is 3.26. The van der Waals surface area contributed by atoms with Crippen molar-refractivity contribution in [3.8, 4) is 11.1 Å². The highest BCUT2D eigenvalue weighted by atomic mass is 14.9. The molecule has 1 atom stereocenters. The van der Waals surface area contributed by atoms with Crippen LogP contribution < -0.4 is 5.32 Å². The van der Waals surface area contributed by atoms with E-state index in [1.54, 1.807) is 0 Å². The average Bonchev–Trinajstić information content (AvgIpc) is 2.31. The Kier molecular flexibility index (Phi) is 2.00. The van der Waals surface area contributed by atoms with Crippen molar-refractivity contribution in [1.82, 2.24) is 0 Å². The van der Waals surface area contributed by atoms with Crippen LogP contribution in [0.3, 0.4) is 0 Å². The molecule has 1 heteroatoms. The molecule has 0 amide bonds. The molecule has 1 heterocycles. The molecule has 1 aliphatic rings. The summed E-state index contributed by atoms with van der Waals surface area (Å²) < 4.78 is 0. The molecule has 0 bridgehead atoms. The largest absolute Gasteiger partial charge is 0.378 e. The third kappa shape index (κ3) is 1.32. The Morgan fingerprint density at radius 2 is 1.81 bits per heavy atom. The second kappa shape index (κ2) is 3.38. The van der Waals surface area contributed by atoms with Gasteiger partial charge in [0.15, 0.2) is 0 Å². The van der Waals surface area contributed by atoms with Crippen LogP contribution in [0.5, 0.6) is 0 Å². The van der Waals surface area contributed by atoms with Crippen molar-refractivity contribution in [2.75, 3.05) is 5.32 Å². The van der Waals surface area contributed by atoms with Crippen LogP contribution in [0.4, 0.5) is 5.69 Å². The molecule has 1 N–H and O–H groups in total. The topological polar surface area (TPSA) is 12.0 Å². The average molecular weight is 209 g/mol. The molecule has 3 rings (SSSR count). The minimum absolute atomic E-state index is 0.395. The van der Waals surface area contributed by atoms with Gasteiger partial charge in [-0.2, -0.15) is 0 Å². The number of benzene rings is 2. The molecular formula is C15H15N. The summed E-state index contributed by atoms with van der Waals surface area (Å²) in [5.74, 6) is 0. The van der Waals surface area contributed by atoms with Gasteiger partial charge < -0.3 is 5.32 Å². The van der Waals surface area contributed by atoms with E-state index in [9.17, 15) is 0 Å². The lowest BCUT2D eigenvalue weighted by atomic mass is 9.90. The maximum atomic E-state index is 3.54. The fourth-order valence-electron chi connectivity index (χ4n) is 2.44. The number of rotatable bonds is 0. The van der Waals surface area contributed by atoms with E-state index in [-0.39, 0.29) is 0 Å². The standard InChI is InChI=1S/C15H15N/c1-10-7-8-15-14(9-10)13-6-4-3-5-12(13)11(2)16-15/h3-9,11,16H,1-2H3. The Bertz CT molecular complexity index is 543. The summed E-state index contributed by atoms with van der Waals surface area (Å²) in [6.45, 7) is 4.35. The van der Waals surface area contributed by atoms with Gasteiger partial charge in [-0.1, -0.05) is 35.9 Å². The number of hydrogen-bond donors (Lipinski definition) is 1. The summed E-state index contributed by atoms with van der Waals surface area (Å²) in [6, 6.07) is 15.6. The van der Waals surface area contributed by atoms with E-state index in [0.29, 0.717) is 6.04 Å². The van der Waals surface area contributed by atoms with Crippen LogP contribution in [0.2, 0.25) is 0 Å². The Morgan fingerprint density at radius 1 is 1.00 bits per heavy atom. The molecule has 0 spiro atoms. The third-order valence-electron chi connectivity index (χ3n) is 3.26. The number of anilines is 1. The van der Waals surface area contributed by atoms with Gasteiger partial charge in [0.1, 0.15) is 0 Å². The number of fused-ring (bicyclic) bond motifs is 3. The smallest absolute Gasteiger partial charge is 0.0492 e. The van der Waals surface area contributed by atoms with Crippen LogP contribution in [0.15, 0.2) is 42.5 Å². The zero-order valence-electron chi connectivity index (χ0n) is 9.62. The Morgan fingerprint density at radius 3 is 2.69 bits per heavy atom. The first kappa shape index (κ1) is 9.46. The molecule has 1 nitrogen and oxygen atoms in total. The highest BCUT2D eigenvalue weighted by Gasteiger charge is 2.19. The van der Waals surface area contributed by atoms with Gasteiger partial charge in [-0.15, -0.1) is 0 Å². The summed E-state index contributed by atoms with van der Waals surface area (Å²) in [5, 5.41) is 3.54. The lowest BCUT2D eigenvalue weighted by Gasteiger charge is -2.27. The fourth-order valence-corrected chi connectivity index (χ4v) is 2.44. The summed E-state index contributed by atoms with van der Waals surface area (Å²) in [6.07, 6.45) is 0. The molecule has 80 valence electrons. The molecule has 2 aromatic carbocycles. The molecule has 0 saturated carbocycles. The number of hydrogen-bond acceptors (Lipinski definition) is 1. The Labute approximate surface area is 96.1 Å². The molecular weight excluding hydrogens is 194 g/mol. The maximum Gasteiger partial charge on any atom is 0.0492 e. The normalized spacial score (nSPS) is 17.2. The molecule has 16 heavy (non-hydrogen) atoms. The molecule has 0 saturated heterocycles. The summed E-state index contributed by atoms with van der Waals surface area (Å²) in [5.41, 5.74) is 6.64. The number of aryl methyl sites for hydroxylation is 1. The predicted molar refractivity (Wildman–Crippen MR) is 68.7 cm³/mol. The monoisotopic (exact) mass is 209 g/mol. The van der Waals surface area contributed by atoms with E-state index in [2.05, 4.69) is 61.6 Å². The molecule has 0 fully saturated rings. The minimum atomic E-state index is 0.395. The molecule has 0 aromatic heterocycles. The maximum absolute atomic E-state index is 3.54. The van der Waals surface area contributed by atoms with Crippen LogP contribution in [0, 0.1) is 6.92 Å². The first-order valence-electron chi connectivity index (χ1n) is 5.72. The van der Waals surface area contributed by atoms with Gasteiger partial charge in [0.25, 0.3) is 0 Å². The van der Waals surface area contributed by atoms with Gasteiger partial charge in [0, 0.05) is 17.3 Å². The summed E-state index contributed by atoms with van der Waals surface area (Å²) in [4.78, 5) is 0. The second-order valence-electron chi connectivity index (χ2n) is 4.50. The quantitative estimate of drug-likeness (QED) is 0.687. The van der Waals surface area contributed by atoms with Gasteiger partial charge >= 0.3 is 0 Å². The minimum Gasteiger partial charge on any atom is -0.378 e. The first-order chi connectivity index (χ1) is 7.75. The van der Waals surface area contributed by atoms with E-state index in [4.69, 9.17) is 0 Å². The Balaban J connectivity index is 2.29. The van der Waals surface area contributed by atoms with Gasteiger partial charge in [-0.05, 0) is 37.1 Å². The molecule has 2 aromatic rings. The Hall–Kier alpha value is -1.76. The van der Waals surface area contributed by atoms with Crippen LogP contribution >= 0.6 is 0 Å². The number of nitrogens with one attached hydrogen (secondary N) is 1. The summed E-state index contributed by atoms with van der Waals surface area (Å²) >= 11 is 0. The van der Waals surface area contributed by atoms with Gasteiger partial charge in [-0.25, -0.2) is 0 Å². The van der Waals surface area contributed by atoms with Crippen LogP contribution in [-0.4, -0.2) is 0 Å². The van der Waals surface area contributed by atoms with E-state index >= 15 is 0 Å². The van der Waals surface area contributed by atoms with Crippen molar-refractivity contribution in [3.05, 3.63) is 53.6 Å². The van der Waals surface area contributed by atoms with Crippen LogP contribution in [0.25, 0.3) is 11.1 Å². The van der Waals surface area contributed by atoms with E-state index in [0.717, 1.165) is 0 Å². The van der Waals surface area contributed by atoms with Crippen molar-refractivity contribution in [1.29, 1.82) is 0 Å². The fraction of sp³-hybridized carbons (Fsp3) is 0.200. The zero-order valence-corrected chi connectivity index (χ0v) is 9.62. The zero-order chi connectivity index (χ0) is 11.1. The van der Waals surface area contributed by atoms with Crippen molar-refractivity contribution in [2.24, 2.45) is 0 Å². The van der Waals surface area contributed by atoms with E-state index < -0.39 is 0 Å².